The van der Waals surface area contributed by atoms with Crippen molar-refractivity contribution in [2.45, 2.75) is 40.5 Å². The first kappa shape index (κ1) is 21.7. The summed E-state index contributed by atoms with van der Waals surface area (Å²) in [6, 6.07) is 8.21. The van der Waals surface area contributed by atoms with Gasteiger partial charge < -0.3 is 14.5 Å². The summed E-state index contributed by atoms with van der Waals surface area (Å²) in [6.07, 6.45) is 4.45. The summed E-state index contributed by atoms with van der Waals surface area (Å²) in [5.74, 6) is 3.66. The van der Waals surface area contributed by atoms with Crippen LogP contribution in [-0.4, -0.2) is 37.0 Å². The minimum absolute atomic E-state index is 0.462. The maximum atomic E-state index is 6.00. The summed E-state index contributed by atoms with van der Waals surface area (Å²) in [5, 5.41) is 12.1. The molecule has 1 N–H and O–H groups in total. The molecule has 5 nitrogen and oxygen atoms in total. The van der Waals surface area contributed by atoms with Gasteiger partial charge >= 0.3 is 0 Å². The topological polar surface area (TPSA) is 60.2 Å². The number of hydrogen-bond donors (Lipinski definition) is 1. The van der Waals surface area contributed by atoms with Crippen molar-refractivity contribution in [2.75, 3.05) is 26.8 Å². The van der Waals surface area contributed by atoms with Gasteiger partial charge in [-0.25, -0.2) is 0 Å². The fourth-order valence-electron chi connectivity index (χ4n) is 4.31. The number of nitrogens with one attached hydrogen (secondary N) is 1. The number of ether oxygens (including phenoxy) is 1. The van der Waals surface area contributed by atoms with Crippen molar-refractivity contribution in [3.8, 4) is 11.5 Å². The van der Waals surface area contributed by atoms with E-state index in [-0.39, 0.29) is 0 Å². The molecule has 0 aliphatic heterocycles. The van der Waals surface area contributed by atoms with Crippen molar-refractivity contribution in [3.05, 3.63) is 47.4 Å². The summed E-state index contributed by atoms with van der Waals surface area (Å²) in [5.41, 5.74) is 3.64. The second kappa shape index (κ2) is 10.2. The van der Waals surface area contributed by atoms with Crippen LogP contribution >= 0.6 is 0 Å². The highest BCUT2D eigenvalue weighted by atomic mass is 16.5. The Hall–Kier alpha value is -1.98. The number of benzene rings is 1. The van der Waals surface area contributed by atoms with E-state index in [0.717, 1.165) is 37.6 Å². The van der Waals surface area contributed by atoms with Crippen LogP contribution in [0.4, 0.5) is 0 Å². The number of aromatic nitrogens is 2. The van der Waals surface area contributed by atoms with Crippen LogP contribution in [-0.2, 0) is 11.2 Å². The summed E-state index contributed by atoms with van der Waals surface area (Å²) >= 11 is 0. The van der Waals surface area contributed by atoms with E-state index in [1.165, 1.54) is 17.6 Å². The van der Waals surface area contributed by atoms with Gasteiger partial charge in [0.25, 0.3) is 0 Å². The van der Waals surface area contributed by atoms with Crippen LogP contribution < -0.4 is 5.32 Å². The molecule has 5 heteroatoms. The molecule has 29 heavy (non-hydrogen) atoms. The molecule has 0 bridgehead atoms. The highest BCUT2D eigenvalue weighted by molar-refractivity contribution is 5.52. The van der Waals surface area contributed by atoms with Gasteiger partial charge in [-0.3, -0.25) is 0 Å². The van der Waals surface area contributed by atoms with E-state index in [0.29, 0.717) is 29.6 Å². The molecule has 0 unspecified atom stereocenters. The van der Waals surface area contributed by atoms with Crippen molar-refractivity contribution in [1.82, 2.24) is 15.5 Å². The van der Waals surface area contributed by atoms with Crippen molar-refractivity contribution < 1.29 is 9.15 Å². The molecule has 2 aromatic rings. The molecule has 0 amide bonds. The maximum Gasteiger partial charge on any atom is 0.247 e. The average molecular weight is 398 g/mol. The highest BCUT2D eigenvalue weighted by Gasteiger charge is 2.32. The van der Waals surface area contributed by atoms with Crippen molar-refractivity contribution in [3.63, 3.8) is 0 Å². The molecule has 0 saturated carbocycles. The Labute approximate surface area is 174 Å². The number of methoxy groups -OCH3 is 1. The zero-order valence-corrected chi connectivity index (χ0v) is 18.4. The first-order chi connectivity index (χ1) is 14.0. The first-order valence-corrected chi connectivity index (χ1v) is 10.7. The van der Waals surface area contributed by atoms with Crippen LogP contribution in [0.15, 0.2) is 40.3 Å². The molecule has 0 fully saturated rings. The Bertz CT molecular complexity index is 795. The SMILES string of the molecule is COCCNC[C@@H]1C=C(C)[C@H](Cc2nnc(-c3ccc(C)cc3)o2)C[C@H]1C(C)C. The van der Waals surface area contributed by atoms with Gasteiger partial charge in [0.05, 0.1) is 6.61 Å². The largest absolute Gasteiger partial charge is 0.421 e. The van der Waals surface area contributed by atoms with Gasteiger partial charge in [0.15, 0.2) is 0 Å². The normalized spacial score (nSPS) is 22.1. The third-order valence-corrected chi connectivity index (χ3v) is 6.13. The number of aryl methyl sites for hydroxylation is 1. The van der Waals surface area contributed by atoms with E-state index in [1.807, 2.05) is 12.1 Å². The van der Waals surface area contributed by atoms with Crippen LogP contribution in [0.1, 0.15) is 38.6 Å². The van der Waals surface area contributed by atoms with E-state index in [1.54, 1.807) is 7.11 Å². The summed E-state index contributed by atoms with van der Waals surface area (Å²) in [7, 11) is 1.75. The number of hydrogen-bond acceptors (Lipinski definition) is 5. The predicted molar refractivity (Wildman–Crippen MR) is 117 cm³/mol. The number of nitrogens with zero attached hydrogens (tertiary/aromatic N) is 2. The number of allylic oxidation sites excluding steroid dienone is 1. The lowest BCUT2D eigenvalue weighted by molar-refractivity contribution is 0.188. The molecule has 1 heterocycles. The highest BCUT2D eigenvalue weighted by Crippen LogP contribution is 2.38. The number of rotatable bonds is 9. The second-order valence-corrected chi connectivity index (χ2v) is 8.68. The Morgan fingerprint density at radius 3 is 2.62 bits per heavy atom. The average Bonchev–Trinajstić information content (AvgIpc) is 3.16. The fourth-order valence-corrected chi connectivity index (χ4v) is 4.31. The molecule has 0 spiro atoms. The molecule has 1 aromatic heterocycles. The van der Waals surface area contributed by atoms with Crippen LogP contribution in [0.3, 0.4) is 0 Å². The van der Waals surface area contributed by atoms with Crippen molar-refractivity contribution in [2.24, 2.45) is 23.7 Å². The molecular formula is C24H35N3O2. The smallest absolute Gasteiger partial charge is 0.247 e. The van der Waals surface area contributed by atoms with E-state index in [2.05, 4.69) is 61.4 Å². The maximum absolute atomic E-state index is 6.00. The Balaban J connectivity index is 1.67. The molecular weight excluding hydrogens is 362 g/mol. The molecule has 0 radical (unpaired) electrons. The van der Waals surface area contributed by atoms with E-state index >= 15 is 0 Å². The molecule has 1 aliphatic carbocycles. The van der Waals surface area contributed by atoms with Crippen molar-refractivity contribution >= 4 is 0 Å². The van der Waals surface area contributed by atoms with Gasteiger partial charge in [-0.05, 0) is 56.1 Å². The minimum Gasteiger partial charge on any atom is -0.421 e. The summed E-state index contributed by atoms with van der Waals surface area (Å²) in [6.45, 7) is 11.7. The molecule has 3 atom stereocenters. The standard InChI is InChI=1S/C24H35N3O2/c1-16(2)22-13-20(18(4)12-21(22)15-25-10-11-28-5)14-23-26-27-24(29-23)19-8-6-17(3)7-9-19/h6-9,12,16,20-22,25H,10-11,13-15H2,1-5H3/t20-,21-,22-/m0/s1. The van der Waals surface area contributed by atoms with Gasteiger partial charge in [-0.2, -0.15) is 0 Å². The molecule has 1 aliphatic rings. The third kappa shape index (κ3) is 5.77. The van der Waals surface area contributed by atoms with Gasteiger partial charge in [0.2, 0.25) is 11.8 Å². The van der Waals surface area contributed by atoms with Crippen LogP contribution in [0.2, 0.25) is 0 Å². The van der Waals surface area contributed by atoms with Crippen LogP contribution in [0.5, 0.6) is 0 Å². The fraction of sp³-hybridized carbons (Fsp3) is 0.583. The predicted octanol–water partition coefficient (Wildman–Crippen LogP) is 4.68. The summed E-state index contributed by atoms with van der Waals surface area (Å²) in [4.78, 5) is 0. The molecule has 3 rings (SSSR count). The summed E-state index contributed by atoms with van der Waals surface area (Å²) < 4.78 is 11.1. The van der Waals surface area contributed by atoms with E-state index < -0.39 is 0 Å². The minimum atomic E-state index is 0.462. The third-order valence-electron chi connectivity index (χ3n) is 6.13. The van der Waals surface area contributed by atoms with Crippen molar-refractivity contribution in [1.29, 1.82) is 0 Å². The van der Waals surface area contributed by atoms with Gasteiger partial charge in [-0.1, -0.05) is 43.2 Å². The quantitative estimate of drug-likeness (QED) is 0.492. The van der Waals surface area contributed by atoms with E-state index in [9.17, 15) is 0 Å². The molecule has 0 saturated heterocycles. The second-order valence-electron chi connectivity index (χ2n) is 8.68. The van der Waals surface area contributed by atoms with E-state index in [4.69, 9.17) is 9.15 Å². The zero-order chi connectivity index (χ0) is 20.8. The lowest BCUT2D eigenvalue weighted by Crippen LogP contribution is -2.35. The Morgan fingerprint density at radius 2 is 1.93 bits per heavy atom. The van der Waals surface area contributed by atoms with Gasteiger partial charge in [0.1, 0.15) is 0 Å². The zero-order valence-electron chi connectivity index (χ0n) is 18.4. The van der Waals surface area contributed by atoms with Crippen LogP contribution in [0.25, 0.3) is 11.5 Å². The lowest BCUT2D eigenvalue weighted by Gasteiger charge is -2.37. The lowest BCUT2D eigenvalue weighted by atomic mass is 9.70. The molecule has 1 aromatic carbocycles. The van der Waals surface area contributed by atoms with Crippen LogP contribution in [0, 0.1) is 30.6 Å². The van der Waals surface area contributed by atoms with Gasteiger partial charge in [-0.15, -0.1) is 10.2 Å². The molecule has 158 valence electrons. The van der Waals surface area contributed by atoms with Gasteiger partial charge in [0, 0.05) is 32.2 Å². The Kier molecular flexibility index (Phi) is 7.62. The Morgan fingerprint density at radius 1 is 1.17 bits per heavy atom. The monoisotopic (exact) mass is 397 g/mol. The first-order valence-electron chi connectivity index (χ1n) is 10.7.